The van der Waals surface area contributed by atoms with Gasteiger partial charge in [0.2, 0.25) is 0 Å². The molecule has 1 N–H and O–H groups in total. The summed E-state index contributed by atoms with van der Waals surface area (Å²) in [5, 5.41) is 3.56. The van der Waals surface area contributed by atoms with Crippen LogP contribution < -0.4 is 5.32 Å². The zero-order chi connectivity index (χ0) is 14.9. The lowest BCUT2D eigenvalue weighted by Gasteiger charge is -2.14. The average molecular weight is 297 g/mol. The van der Waals surface area contributed by atoms with E-state index in [1.54, 1.807) is 0 Å². The van der Waals surface area contributed by atoms with Crippen molar-refractivity contribution in [3.63, 3.8) is 0 Å². The molecule has 0 fully saturated rings. The molecule has 1 nitrogen and oxygen atoms in total. The summed E-state index contributed by atoms with van der Waals surface area (Å²) in [5.74, 6) is 2.15. The molecule has 2 aromatic carbocycles. The van der Waals surface area contributed by atoms with E-state index in [1.807, 2.05) is 23.9 Å². The van der Waals surface area contributed by atoms with Gasteiger partial charge >= 0.3 is 0 Å². The quantitative estimate of drug-likeness (QED) is 0.548. The molecule has 21 heavy (non-hydrogen) atoms. The van der Waals surface area contributed by atoms with Gasteiger partial charge in [-0.25, -0.2) is 0 Å². The molecule has 0 amide bonds. The van der Waals surface area contributed by atoms with E-state index in [4.69, 9.17) is 0 Å². The number of hydrogen-bond acceptors (Lipinski definition) is 2. The second kappa shape index (κ2) is 8.71. The fourth-order valence-corrected chi connectivity index (χ4v) is 2.82. The second-order valence-electron chi connectivity index (χ2n) is 5.03. The highest BCUT2D eigenvalue weighted by molar-refractivity contribution is 7.99. The highest BCUT2D eigenvalue weighted by Crippen LogP contribution is 2.21. The van der Waals surface area contributed by atoms with Gasteiger partial charge in [0, 0.05) is 24.1 Å². The highest BCUT2D eigenvalue weighted by Gasteiger charge is 2.04. The maximum absolute atomic E-state index is 3.73. The molecule has 2 aromatic rings. The molecule has 0 aromatic heterocycles. The van der Waals surface area contributed by atoms with E-state index in [9.17, 15) is 0 Å². The molecule has 1 unspecified atom stereocenters. The Morgan fingerprint density at radius 1 is 1.05 bits per heavy atom. The highest BCUT2D eigenvalue weighted by atomic mass is 32.2. The summed E-state index contributed by atoms with van der Waals surface area (Å²) in [4.78, 5) is 0. The topological polar surface area (TPSA) is 12.0 Å². The van der Waals surface area contributed by atoms with Gasteiger partial charge in [-0.1, -0.05) is 60.7 Å². The third-order valence-electron chi connectivity index (χ3n) is 3.45. The summed E-state index contributed by atoms with van der Waals surface area (Å²) in [6, 6.07) is 19.7. The van der Waals surface area contributed by atoms with E-state index < -0.39 is 0 Å². The number of rotatable bonds is 8. The zero-order valence-electron chi connectivity index (χ0n) is 12.6. The van der Waals surface area contributed by atoms with Crippen LogP contribution in [0.1, 0.15) is 18.5 Å². The lowest BCUT2D eigenvalue weighted by atomic mass is 10.0. The smallest absolute Gasteiger partial charge is 0.0292 e. The summed E-state index contributed by atoms with van der Waals surface area (Å²) in [6.45, 7) is 6.98. The van der Waals surface area contributed by atoms with Gasteiger partial charge in [0.15, 0.2) is 0 Å². The molecule has 2 heteroatoms. The van der Waals surface area contributed by atoms with Crippen LogP contribution >= 0.6 is 11.8 Å². The summed E-state index contributed by atoms with van der Waals surface area (Å²) in [5.41, 5.74) is 3.88. The first-order valence-electron chi connectivity index (χ1n) is 7.38. The second-order valence-corrected chi connectivity index (χ2v) is 6.18. The van der Waals surface area contributed by atoms with Crippen LogP contribution in [0.25, 0.3) is 11.1 Å². The summed E-state index contributed by atoms with van der Waals surface area (Å²) in [7, 11) is 0. The summed E-state index contributed by atoms with van der Waals surface area (Å²) < 4.78 is 0. The number of hydrogen-bond donors (Lipinski definition) is 1. The van der Waals surface area contributed by atoms with Crippen molar-refractivity contribution in [3.8, 4) is 11.1 Å². The molecule has 0 bridgehead atoms. The number of thioether (sulfide) groups is 1. The molecule has 0 saturated heterocycles. The van der Waals surface area contributed by atoms with Crippen molar-refractivity contribution in [2.75, 3.05) is 18.1 Å². The van der Waals surface area contributed by atoms with Crippen LogP contribution in [0.4, 0.5) is 0 Å². The largest absolute Gasteiger partial charge is 0.309 e. The van der Waals surface area contributed by atoms with E-state index in [0.29, 0.717) is 6.04 Å². The molecule has 2 rings (SSSR count). The third-order valence-corrected chi connectivity index (χ3v) is 4.41. The Hall–Kier alpha value is -1.51. The van der Waals surface area contributed by atoms with Crippen molar-refractivity contribution in [2.24, 2.45) is 0 Å². The van der Waals surface area contributed by atoms with E-state index in [0.717, 1.165) is 18.1 Å². The number of benzene rings is 2. The maximum atomic E-state index is 3.73. The predicted octanol–water partition coefficient (Wildman–Crippen LogP) is 4.92. The van der Waals surface area contributed by atoms with Gasteiger partial charge in [0.1, 0.15) is 0 Å². The van der Waals surface area contributed by atoms with Crippen molar-refractivity contribution >= 4 is 11.8 Å². The molecule has 110 valence electrons. The molecular weight excluding hydrogens is 274 g/mol. The fourth-order valence-electron chi connectivity index (χ4n) is 2.23. The Labute approximate surface area is 132 Å². The van der Waals surface area contributed by atoms with Gasteiger partial charge in [0.05, 0.1) is 0 Å². The van der Waals surface area contributed by atoms with Crippen LogP contribution in [0.15, 0.2) is 67.3 Å². The minimum atomic E-state index is 0.388. The monoisotopic (exact) mass is 297 g/mol. The standard InChI is InChI=1S/C19H23NS/c1-3-14-21-15-13-20-16(2)17-9-11-19(12-10-17)18-7-5-4-6-8-18/h3-12,16,20H,1,13-15H2,2H3. The van der Waals surface area contributed by atoms with Crippen molar-refractivity contribution in [1.29, 1.82) is 0 Å². The molecule has 0 spiro atoms. The molecular formula is C19H23NS. The van der Waals surface area contributed by atoms with E-state index in [2.05, 4.69) is 67.4 Å². The summed E-state index contributed by atoms with van der Waals surface area (Å²) in [6.07, 6.45) is 1.95. The zero-order valence-corrected chi connectivity index (χ0v) is 13.4. The van der Waals surface area contributed by atoms with Gasteiger partial charge in [-0.2, -0.15) is 11.8 Å². The lowest BCUT2D eigenvalue weighted by Crippen LogP contribution is -2.21. The first kappa shape index (κ1) is 15.9. The maximum Gasteiger partial charge on any atom is 0.0292 e. The predicted molar refractivity (Wildman–Crippen MR) is 95.8 cm³/mol. The molecule has 0 heterocycles. The van der Waals surface area contributed by atoms with Gasteiger partial charge in [-0.3, -0.25) is 0 Å². The van der Waals surface area contributed by atoms with Gasteiger partial charge in [0.25, 0.3) is 0 Å². The third kappa shape index (κ3) is 5.07. The van der Waals surface area contributed by atoms with Crippen molar-refractivity contribution in [2.45, 2.75) is 13.0 Å². The Balaban J connectivity index is 1.88. The lowest BCUT2D eigenvalue weighted by molar-refractivity contribution is 0.601. The van der Waals surface area contributed by atoms with Gasteiger partial charge < -0.3 is 5.32 Å². The molecule has 0 aliphatic carbocycles. The minimum Gasteiger partial charge on any atom is -0.309 e. The van der Waals surface area contributed by atoms with E-state index in [1.165, 1.54) is 16.7 Å². The fraction of sp³-hybridized carbons (Fsp3) is 0.263. The first-order chi connectivity index (χ1) is 10.3. The Morgan fingerprint density at radius 2 is 1.71 bits per heavy atom. The summed E-state index contributed by atoms with van der Waals surface area (Å²) >= 11 is 1.91. The van der Waals surface area contributed by atoms with Crippen LogP contribution in [0.3, 0.4) is 0 Å². The van der Waals surface area contributed by atoms with Crippen LogP contribution in [-0.4, -0.2) is 18.1 Å². The van der Waals surface area contributed by atoms with Crippen LogP contribution in [-0.2, 0) is 0 Å². The molecule has 1 atom stereocenters. The normalized spacial score (nSPS) is 12.0. The van der Waals surface area contributed by atoms with Gasteiger partial charge in [-0.15, -0.1) is 6.58 Å². The average Bonchev–Trinajstić information content (AvgIpc) is 2.55. The Bertz CT molecular complexity index is 533. The van der Waals surface area contributed by atoms with Gasteiger partial charge in [-0.05, 0) is 23.6 Å². The van der Waals surface area contributed by atoms with Crippen molar-refractivity contribution in [1.82, 2.24) is 5.32 Å². The van der Waals surface area contributed by atoms with Crippen LogP contribution in [0, 0.1) is 0 Å². The molecule has 0 aliphatic rings. The van der Waals surface area contributed by atoms with Crippen molar-refractivity contribution in [3.05, 3.63) is 72.8 Å². The molecule has 0 radical (unpaired) electrons. The first-order valence-corrected chi connectivity index (χ1v) is 8.54. The number of nitrogens with one attached hydrogen (secondary N) is 1. The Kier molecular flexibility index (Phi) is 6.58. The molecule has 0 aliphatic heterocycles. The Morgan fingerprint density at radius 3 is 2.38 bits per heavy atom. The van der Waals surface area contributed by atoms with E-state index in [-0.39, 0.29) is 0 Å². The minimum absolute atomic E-state index is 0.388. The van der Waals surface area contributed by atoms with Crippen LogP contribution in [0.5, 0.6) is 0 Å². The van der Waals surface area contributed by atoms with E-state index >= 15 is 0 Å². The molecule has 0 saturated carbocycles. The van der Waals surface area contributed by atoms with Crippen molar-refractivity contribution < 1.29 is 0 Å². The SMILES string of the molecule is C=CCSCCNC(C)c1ccc(-c2ccccc2)cc1. The van der Waals surface area contributed by atoms with Crippen LogP contribution in [0.2, 0.25) is 0 Å².